The Hall–Kier alpha value is -4.09. The van der Waals surface area contributed by atoms with E-state index in [9.17, 15) is 19.2 Å². The van der Waals surface area contributed by atoms with Crippen molar-refractivity contribution in [1.29, 1.82) is 5.26 Å². The highest BCUT2D eigenvalue weighted by molar-refractivity contribution is 5.97. The van der Waals surface area contributed by atoms with Gasteiger partial charge in [-0.2, -0.15) is 5.26 Å². The van der Waals surface area contributed by atoms with Crippen molar-refractivity contribution in [2.45, 2.75) is 18.9 Å². The molecular formula is C26H24FN5O2. The van der Waals surface area contributed by atoms with E-state index in [2.05, 4.69) is 16.4 Å². The average Bonchev–Trinajstić information content (AvgIpc) is 2.83. The minimum Gasteiger partial charge on any atom is -0.349 e. The van der Waals surface area contributed by atoms with Crippen molar-refractivity contribution < 1.29 is 14.0 Å². The maximum atomic E-state index is 13.5. The van der Waals surface area contributed by atoms with Crippen LogP contribution in [0.5, 0.6) is 0 Å². The van der Waals surface area contributed by atoms with Crippen LogP contribution in [0.2, 0.25) is 0 Å². The number of nitrogens with two attached hydrogens (primary N) is 1. The van der Waals surface area contributed by atoms with Gasteiger partial charge in [0.15, 0.2) is 5.78 Å². The third kappa shape index (κ3) is 5.11. The second kappa shape index (κ2) is 10.2. The summed E-state index contributed by atoms with van der Waals surface area (Å²) < 4.78 is 13.5. The van der Waals surface area contributed by atoms with Gasteiger partial charge in [0.05, 0.1) is 30.4 Å². The van der Waals surface area contributed by atoms with E-state index in [4.69, 9.17) is 5.73 Å². The summed E-state index contributed by atoms with van der Waals surface area (Å²) in [5, 5.41) is 12.2. The molecule has 34 heavy (non-hydrogen) atoms. The zero-order chi connectivity index (χ0) is 24.1. The van der Waals surface area contributed by atoms with E-state index < -0.39 is 0 Å². The number of amides is 1. The summed E-state index contributed by atoms with van der Waals surface area (Å²) in [6.07, 6.45) is 2.26. The molecule has 1 aliphatic rings. The lowest BCUT2D eigenvalue weighted by Crippen LogP contribution is -2.41. The Morgan fingerprint density at radius 2 is 2.06 bits per heavy atom. The number of nitrogens with one attached hydrogen (secondary N) is 1. The van der Waals surface area contributed by atoms with E-state index in [0.29, 0.717) is 17.7 Å². The molecule has 0 fully saturated rings. The van der Waals surface area contributed by atoms with Gasteiger partial charge in [-0.05, 0) is 47.9 Å². The Morgan fingerprint density at radius 3 is 2.82 bits per heavy atom. The maximum Gasteiger partial charge on any atom is 0.251 e. The Labute approximate surface area is 197 Å². The highest BCUT2D eigenvalue weighted by Gasteiger charge is 2.26. The number of benzene rings is 2. The van der Waals surface area contributed by atoms with Crippen LogP contribution in [0.15, 0.2) is 60.8 Å². The number of fused-ring (bicyclic) bond motifs is 1. The maximum absolute atomic E-state index is 13.5. The van der Waals surface area contributed by atoms with Crippen LogP contribution in [0.4, 0.5) is 10.1 Å². The second-order valence-corrected chi connectivity index (χ2v) is 8.20. The summed E-state index contributed by atoms with van der Waals surface area (Å²) in [5.74, 6) is -0.618. The third-order valence-corrected chi connectivity index (χ3v) is 5.74. The van der Waals surface area contributed by atoms with Crippen molar-refractivity contribution in [3.8, 4) is 17.2 Å². The molecule has 0 saturated heterocycles. The molecular weight excluding hydrogens is 433 g/mol. The van der Waals surface area contributed by atoms with Crippen molar-refractivity contribution >= 4 is 17.4 Å². The smallest absolute Gasteiger partial charge is 0.251 e. The fraction of sp³-hybridized carbons (Fsp3) is 0.231. The van der Waals surface area contributed by atoms with Crippen LogP contribution in [0, 0.1) is 17.1 Å². The van der Waals surface area contributed by atoms with Gasteiger partial charge < -0.3 is 16.0 Å². The highest BCUT2D eigenvalue weighted by atomic mass is 19.1. The Morgan fingerprint density at radius 1 is 1.24 bits per heavy atom. The monoisotopic (exact) mass is 457 g/mol. The molecule has 0 radical (unpaired) electrons. The van der Waals surface area contributed by atoms with Gasteiger partial charge in [0.25, 0.3) is 5.91 Å². The molecule has 3 N–H and O–H groups in total. The zero-order valence-corrected chi connectivity index (χ0v) is 18.5. The Balaban J connectivity index is 1.59. The fourth-order valence-electron chi connectivity index (χ4n) is 4.21. The minimum atomic E-state index is -0.358. The Kier molecular flexibility index (Phi) is 6.95. The molecule has 1 aliphatic heterocycles. The molecule has 8 heteroatoms. The molecule has 172 valence electrons. The molecule has 3 aromatic rings. The summed E-state index contributed by atoms with van der Waals surface area (Å²) in [6, 6.07) is 16.9. The van der Waals surface area contributed by atoms with Crippen LogP contribution in [0.3, 0.4) is 0 Å². The topological polar surface area (TPSA) is 112 Å². The quantitative estimate of drug-likeness (QED) is 0.528. The molecule has 2 aromatic carbocycles. The molecule has 0 saturated carbocycles. The summed E-state index contributed by atoms with van der Waals surface area (Å²) in [6.45, 7) is 0.421. The molecule has 0 spiro atoms. The number of carbonyl (C=O) groups excluding carboxylic acids is 2. The number of nitrogens with zero attached hydrogens (tertiary/aromatic N) is 3. The fourth-order valence-corrected chi connectivity index (χ4v) is 4.21. The van der Waals surface area contributed by atoms with Crippen LogP contribution >= 0.6 is 0 Å². The first-order valence-electron chi connectivity index (χ1n) is 11.0. The zero-order valence-electron chi connectivity index (χ0n) is 18.5. The van der Waals surface area contributed by atoms with E-state index in [1.165, 1.54) is 12.1 Å². The van der Waals surface area contributed by atoms with Crippen molar-refractivity contribution in [3.05, 3.63) is 83.4 Å². The number of halogens is 1. The van der Waals surface area contributed by atoms with Gasteiger partial charge in [-0.15, -0.1) is 0 Å². The molecule has 1 aromatic heterocycles. The van der Waals surface area contributed by atoms with Gasteiger partial charge in [-0.1, -0.05) is 24.3 Å². The van der Waals surface area contributed by atoms with Crippen LogP contribution < -0.4 is 16.0 Å². The molecule has 4 rings (SSSR count). The normalized spacial score (nSPS) is 13.7. The number of anilines is 1. The van der Waals surface area contributed by atoms with Gasteiger partial charge in [-0.25, -0.2) is 4.39 Å². The first-order valence-corrected chi connectivity index (χ1v) is 11.0. The van der Waals surface area contributed by atoms with E-state index in [-0.39, 0.29) is 49.6 Å². The van der Waals surface area contributed by atoms with Crippen molar-refractivity contribution in [2.24, 2.45) is 5.73 Å². The largest absolute Gasteiger partial charge is 0.349 e. The predicted molar refractivity (Wildman–Crippen MR) is 127 cm³/mol. The number of aromatic nitrogens is 1. The third-order valence-electron chi connectivity index (χ3n) is 5.74. The first kappa shape index (κ1) is 23.1. The van der Waals surface area contributed by atoms with Crippen LogP contribution in [-0.4, -0.2) is 42.4 Å². The lowest BCUT2D eigenvalue weighted by molar-refractivity contribution is -0.117. The lowest BCUT2D eigenvalue weighted by Gasteiger charge is -2.29. The van der Waals surface area contributed by atoms with E-state index in [1.54, 1.807) is 41.4 Å². The number of nitriles is 1. The molecule has 1 amide bonds. The van der Waals surface area contributed by atoms with Crippen LogP contribution in [0.25, 0.3) is 11.1 Å². The molecule has 0 unspecified atom stereocenters. The number of pyridine rings is 1. The minimum absolute atomic E-state index is 0.00616. The summed E-state index contributed by atoms with van der Waals surface area (Å²) in [7, 11) is 0. The second-order valence-electron chi connectivity index (χ2n) is 8.20. The van der Waals surface area contributed by atoms with Crippen LogP contribution in [0.1, 0.15) is 21.6 Å². The molecule has 0 bridgehead atoms. The highest BCUT2D eigenvalue weighted by Crippen LogP contribution is 2.35. The van der Waals surface area contributed by atoms with Gasteiger partial charge in [0.1, 0.15) is 12.4 Å². The lowest BCUT2D eigenvalue weighted by atomic mass is 9.96. The number of Topliss-reactive ketones (excluding diaryl/α,β-unsaturated/α-hetero) is 1. The molecule has 0 aliphatic carbocycles. The van der Waals surface area contributed by atoms with Crippen molar-refractivity contribution in [1.82, 2.24) is 10.3 Å². The SMILES string of the molecule is N#CCN1CC(=O)Cc2nccc(-c3cccc(C(=O)N[C@H](CN)Cc4cccc(F)c4)c3)c21. The summed E-state index contributed by atoms with van der Waals surface area (Å²) in [5.41, 5.74) is 10.0. The van der Waals surface area contributed by atoms with Gasteiger partial charge in [-0.3, -0.25) is 14.6 Å². The molecule has 7 nitrogen and oxygen atoms in total. The van der Waals surface area contributed by atoms with Gasteiger partial charge in [0, 0.05) is 29.9 Å². The molecule has 1 atom stereocenters. The first-order chi connectivity index (χ1) is 16.5. The standard InChI is InChI=1S/C26H24FN5O2/c27-20-6-1-3-17(11-20)12-21(15-29)31-26(34)19-5-2-4-18(13-19)23-7-9-30-24-14-22(33)16-32(10-8-28)25(23)24/h1-7,9,11,13,21H,10,12,14-16,29H2,(H,31,34)/t21-/m0/s1. The number of carbonyl (C=O) groups is 2. The van der Waals surface area contributed by atoms with Crippen molar-refractivity contribution in [3.63, 3.8) is 0 Å². The van der Waals surface area contributed by atoms with Crippen LogP contribution in [-0.2, 0) is 17.6 Å². The average molecular weight is 458 g/mol. The number of rotatable bonds is 7. The van der Waals surface area contributed by atoms with E-state index in [1.807, 2.05) is 12.1 Å². The van der Waals surface area contributed by atoms with Gasteiger partial charge >= 0.3 is 0 Å². The number of hydrogen-bond donors (Lipinski definition) is 2. The van der Waals surface area contributed by atoms with E-state index >= 15 is 0 Å². The predicted octanol–water partition coefficient (Wildman–Crippen LogP) is 2.64. The van der Waals surface area contributed by atoms with E-state index in [0.717, 1.165) is 22.4 Å². The number of hydrogen-bond acceptors (Lipinski definition) is 6. The van der Waals surface area contributed by atoms with Crippen molar-refractivity contribution in [2.75, 3.05) is 24.5 Å². The summed E-state index contributed by atoms with van der Waals surface area (Å²) >= 11 is 0. The number of ketones is 1. The Bertz CT molecular complexity index is 1270. The van der Waals surface area contributed by atoms with Gasteiger partial charge in [0.2, 0.25) is 0 Å². The summed E-state index contributed by atoms with van der Waals surface area (Å²) in [4.78, 5) is 31.2. The molecule has 2 heterocycles.